The summed E-state index contributed by atoms with van der Waals surface area (Å²) in [5.74, 6) is 0.724. The number of anilines is 1. The van der Waals surface area contributed by atoms with E-state index in [1.165, 1.54) is 23.0 Å². The fourth-order valence-corrected chi connectivity index (χ4v) is 3.28. The minimum atomic E-state index is -0.493. The van der Waals surface area contributed by atoms with E-state index < -0.39 is 5.41 Å². The van der Waals surface area contributed by atoms with E-state index in [0.29, 0.717) is 5.82 Å². The van der Waals surface area contributed by atoms with Crippen LogP contribution in [0.3, 0.4) is 0 Å². The second-order valence-electron chi connectivity index (χ2n) is 5.45. The summed E-state index contributed by atoms with van der Waals surface area (Å²) >= 11 is 0. The molecular formula is C15H13N3O. The predicted molar refractivity (Wildman–Crippen MR) is 70.9 cm³/mol. The summed E-state index contributed by atoms with van der Waals surface area (Å²) in [4.78, 5) is 20.7. The fourth-order valence-electron chi connectivity index (χ4n) is 3.28. The first-order valence-corrected chi connectivity index (χ1v) is 6.39. The van der Waals surface area contributed by atoms with Crippen LogP contribution in [0.4, 0.5) is 5.82 Å². The number of nitrogens with zero attached hydrogens (tertiary/aromatic N) is 2. The lowest BCUT2D eigenvalue weighted by molar-refractivity contribution is -0.120. The number of aromatic nitrogens is 2. The molecule has 1 spiro atoms. The van der Waals surface area contributed by atoms with E-state index in [9.17, 15) is 4.79 Å². The molecule has 0 bridgehead atoms. The van der Waals surface area contributed by atoms with Gasteiger partial charge in [0.05, 0.1) is 5.41 Å². The van der Waals surface area contributed by atoms with Gasteiger partial charge in [-0.3, -0.25) is 4.79 Å². The van der Waals surface area contributed by atoms with Crippen molar-refractivity contribution in [3.63, 3.8) is 0 Å². The smallest absolute Gasteiger partial charge is 0.237 e. The van der Waals surface area contributed by atoms with Gasteiger partial charge in [-0.2, -0.15) is 0 Å². The van der Waals surface area contributed by atoms with Crippen LogP contribution in [0, 0.1) is 6.92 Å². The number of amides is 1. The van der Waals surface area contributed by atoms with Gasteiger partial charge in [-0.25, -0.2) is 9.97 Å². The standard InChI is InChI=1S/C15H13N3O/c1-9-2-3-10-5-15(6-11(10)4-9)12-7-16-8-17-13(12)18-14(15)19/h2-4,7-8H,5-6H2,1H3,(H,16,17,18,19). The second kappa shape index (κ2) is 3.41. The van der Waals surface area contributed by atoms with E-state index in [1.54, 1.807) is 6.20 Å². The van der Waals surface area contributed by atoms with Gasteiger partial charge in [-0.1, -0.05) is 23.8 Å². The highest BCUT2D eigenvalue weighted by Gasteiger charge is 2.51. The van der Waals surface area contributed by atoms with E-state index in [0.717, 1.165) is 18.4 Å². The molecule has 4 rings (SSSR count). The van der Waals surface area contributed by atoms with Gasteiger partial charge in [0, 0.05) is 11.8 Å². The Morgan fingerprint density at radius 3 is 3.00 bits per heavy atom. The highest BCUT2D eigenvalue weighted by Crippen LogP contribution is 2.46. The third-order valence-electron chi connectivity index (χ3n) is 4.24. The maximum absolute atomic E-state index is 12.4. The Hall–Kier alpha value is -2.23. The first-order chi connectivity index (χ1) is 9.19. The van der Waals surface area contributed by atoms with Gasteiger partial charge in [0.15, 0.2) is 0 Å². The molecule has 0 fully saturated rings. The zero-order chi connectivity index (χ0) is 13.0. The fraction of sp³-hybridized carbons (Fsp3) is 0.267. The number of benzene rings is 1. The Labute approximate surface area is 110 Å². The summed E-state index contributed by atoms with van der Waals surface area (Å²) < 4.78 is 0. The molecule has 2 heterocycles. The van der Waals surface area contributed by atoms with Crippen molar-refractivity contribution in [2.45, 2.75) is 25.2 Å². The molecule has 1 aromatic carbocycles. The molecule has 0 saturated carbocycles. The summed E-state index contributed by atoms with van der Waals surface area (Å²) in [5.41, 5.74) is 4.21. The number of carbonyl (C=O) groups is 1. The van der Waals surface area contributed by atoms with E-state index in [2.05, 4.69) is 40.4 Å². The van der Waals surface area contributed by atoms with E-state index in [-0.39, 0.29) is 5.91 Å². The Morgan fingerprint density at radius 2 is 2.11 bits per heavy atom. The first kappa shape index (κ1) is 10.7. The summed E-state index contributed by atoms with van der Waals surface area (Å²) in [6, 6.07) is 6.42. The second-order valence-corrected chi connectivity index (χ2v) is 5.45. The summed E-state index contributed by atoms with van der Waals surface area (Å²) in [6.07, 6.45) is 4.74. The Balaban J connectivity index is 1.88. The van der Waals surface area contributed by atoms with E-state index >= 15 is 0 Å². The van der Waals surface area contributed by atoms with Crippen LogP contribution in [0.5, 0.6) is 0 Å². The van der Waals surface area contributed by atoms with Crippen LogP contribution < -0.4 is 5.32 Å². The molecule has 0 saturated heterocycles. The molecule has 94 valence electrons. The lowest BCUT2D eigenvalue weighted by Crippen LogP contribution is -2.35. The first-order valence-electron chi connectivity index (χ1n) is 6.39. The van der Waals surface area contributed by atoms with Gasteiger partial charge in [0.25, 0.3) is 0 Å². The number of aryl methyl sites for hydroxylation is 1. The number of rotatable bonds is 0. The van der Waals surface area contributed by atoms with Crippen molar-refractivity contribution >= 4 is 11.7 Å². The van der Waals surface area contributed by atoms with Crippen LogP contribution in [-0.2, 0) is 23.1 Å². The van der Waals surface area contributed by atoms with Gasteiger partial charge < -0.3 is 5.32 Å². The molecule has 1 N–H and O–H groups in total. The van der Waals surface area contributed by atoms with Crippen molar-refractivity contribution in [3.05, 3.63) is 53.0 Å². The highest BCUT2D eigenvalue weighted by molar-refractivity contribution is 6.06. The molecule has 19 heavy (non-hydrogen) atoms. The number of hydrogen-bond donors (Lipinski definition) is 1. The summed E-state index contributed by atoms with van der Waals surface area (Å²) in [7, 11) is 0. The Kier molecular flexibility index (Phi) is 1.91. The van der Waals surface area contributed by atoms with Crippen molar-refractivity contribution in [1.82, 2.24) is 9.97 Å². The molecule has 1 amide bonds. The van der Waals surface area contributed by atoms with Crippen LogP contribution in [0.1, 0.15) is 22.3 Å². The van der Waals surface area contributed by atoms with Crippen LogP contribution >= 0.6 is 0 Å². The van der Waals surface area contributed by atoms with E-state index in [1.807, 2.05) is 0 Å². The minimum absolute atomic E-state index is 0.0526. The Morgan fingerprint density at radius 1 is 1.26 bits per heavy atom. The number of carbonyl (C=O) groups excluding carboxylic acids is 1. The topological polar surface area (TPSA) is 54.9 Å². The summed E-state index contributed by atoms with van der Waals surface area (Å²) in [6.45, 7) is 2.08. The van der Waals surface area contributed by atoms with Crippen LogP contribution in [0.2, 0.25) is 0 Å². The monoisotopic (exact) mass is 251 g/mol. The lowest BCUT2D eigenvalue weighted by Gasteiger charge is -2.19. The third-order valence-corrected chi connectivity index (χ3v) is 4.24. The average Bonchev–Trinajstić information content (AvgIpc) is 2.90. The van der Waals surface area contributed by atoms with Crippen molar-refractivity contribution in [3.8, 4) is 0 Å². The van der Waals surface area contributed by atoms with E-state index in [4.69, 9.17) is 0 Å². The average molecular weight is 251 g/mol. The minimum Gasteiger partial charge on any atom is -0.310 e. The molecular weight excluding hydrogens is 238 g/mol. The molecule has 2 aromatic rings. The third kappa shape index (κ3) is 1.31. The van der Waals surface area contributed by atoms with Crippen molar-refractivity contribution < 1.29 is 4.79 Å². The Bertz CT molecular complexity index is 710. The molecule has 1 atom stereocenters. The molecule has 2 aliphatic rings. The van der Waals surface area contributed by atoms with Crippen molar-refractivity contribution in [2.75, 3.05) is 5.32 Å². The predicted octanol–water partition coefficient (Wildman–Crippen LogP) is 1.77. The normalized spacial score (nSPS) is 23.3. The number of nitrogens with one attached hydrogen (secondary N) is 1. The SMILES string of the molecule is Cc1ccc2c(c1)CC1(C2)C(=O)Nc2ncncc21. The lowest BCUT2D eigenvalue weighted by atomic mass is 9.80. The van der Waals surface area contributed by atoms with Gasteiger partial charge in [0.2, 0.25) is 5.91 Å². The van der Waals surface area contributed by atoms with Crippen LogP contribution in [0.25, 0.3) is 0 Å². The summed E-state index contributed by atoms with van der Waals surface area (Å²) in [5, 5.41) is 2.89. The number of hydrogen-bond acceptors (Lipinski definition) is 3. The number of fused-ring (bicyclic) bond motifs is 3. The molecule has 1 unspecified atom stereocenters. The molecule has 1 aliphatic heterocycles. The molecule has 4 heteroatoms. The van der Waals surface area contributed by atoms with Crippen LogP contribution in [0.15, 0.2) is 30.7 Å². The maximum Gasteiger partial charge on any atom is 0.237 e. The zero-order valence-electron chi connectivity index (χ0n) is 10.6. The highest BCUT2D eigenvalue weighted by atomic mass is 16.2. The molecule has 4 nitrogen and oxygen atoms in total. The zero-order valence-corrected chi connectivity index (χ0v) is 10.6. The van der Waals surface area contributed by atoms with Crippen molar-refractivity contribution in [2.24, 2.45) is 0 Å². The largest absolute Gasteiger partial charge is 0.310 e. The maximum atomic E-state index is 12.4. The molecule has 1 aliphatic carbocycles. The van der Waals surface area contributed by atoms with Gasteiger partial charge in [-0.05, 0) is 30.9 Å². The van der Waals surface area contributed by atoms with Gasteiger partial charge in [-0.15, -0.1) is 0 Å². The van der Waals surface area contributed by atoms with Gasteiger partial charge >= 0.3 is 0 Å². The molecule has 1 aromatic heterocycles. The quantitative estimate of drug-likeness (QED) is 0.776. The van der Waals surface area contributed by atoms with Gasteiger partial charge in [0.1, 0.15) is 12.1 Å². The van der Waals surface area contributed by atoms with Crippen molar-refractivity contribution in [1.29, 1.82) is 0 Å². The van der Waals surface area contributed by atoms with Crippen LogP contribution in [-0.4, -0.2) is 15.9 Å². The molecule has 0 radical (unpaired) electrons.